The highest BCUT2D eigenvalue weighted by molar-refractivity contribution is 5.92. The lowest BCUT2D eigenvalue weighted by atomic mass is 9.81. The molecule has 0 aliphatic heterocycles. The number of aromatic nitrogens is 1. The van der Waals surface area contributed by atoms with Gasteiger partial charge >= 0.3 is 0 Å². The molecular weight excluding hydrogens is 292 g/mol. The first-order valence-electron chi connectivity index (χ1n) is 8.04. The maximum Gasteiger partial charge on any atom is 0.269 e. The van der Waals surface area contributed by atoms with Gasteiger partial charge in [-0.25, -0.2) is 0 Å². The molecule has 1 heterocycles. The van der Waals surface area contributed by atoms with Crippen LogP contribution >= 0.6 is 0 Å². The van der Waals surface area contributed by atoms with Gasteiger partial charge in [-0.05, 0) is 43.7 Å². The minimum Gasteiger partial charge on any atom is -0.355 e. The van der Waals surface area contributed by atoms with Crippen molar-refractivity contribution < 1.29 is 9.59 Å². The van der Waals surface area contributed by atoms with Gasteiger partial charge in [-0.2, -0.15) is 5.26 Å². The summed E-state index contributed by atoms with van der Waals surface area (Å²) in [5.74, 6) is 0.348. The van der Waals surface area contributed by atoms with Crippen molar-refractivity contribution in [1.82, 2.24) is 15.6 Å². The van der Waals surface area contributed by atoms with E-state index in [4.69, 9.17) is 5.26 Å². The average Bonchev–Trinajstić information content (AvgIpc) is 2.61. The molecule has 1 aliphatic carbocycles. The van der Waals surface area contributed by atoms with Gasteiger partial charge in [-0.15, -0.1) is 0 Å². The predicted molar refractivity (Wildman–Crippen MR) is 85.3 cm³/mol. The molecule has 1 aliphatic rings. The molecule has 0 atom stereocenters. The van der Waals surface area contributed by atoms with E-state index in [1.807, 2.05) is 6.07 Å². The molecule has 1 aromatic heterocycles. The Morgan fingerprint density at radius 1 is 1.22 bits per heavy atom. The van der Waals surface area contributed by atoms with Crippen LogP contribution in [0.4, 0.5) is 0 Å². The minimum absolute atomic E-state index is 0.0384. The Morgan fingerprint density at radius 2 is 2.00 bits per heavy atom. The van der Waals surface area contributed by atoms with Gasteiger partial charge in [0, 0.05) is 25.2 Å². The Hall–Kier alpha value is -2.42. The number of carbonyl (C=O) groups excluding carboxylic acids is 2. The molecule has 0 radical (unpaired) electrons. The molecule has 2 rings (SSSR count). The lowest BCUT2D eigenvalue weighted by Crippen LogP contribution is -2.36. The van der Waals surface area contributed by atoms with Crippen molar-refractivity contribution in [3.8, 4) is 6.07 Å². The van der Waals surface area contributed by atoms with Crippen LogP contribution in [0.1, 0.15) is 42.6 Å². The van der Waals surface area contributed by atoms with E-state index in [0.717, 1.165) is 25.7 Å². The van der Waals surface area contributed by atoms with E-state index in [9.17, 15) is 9.59 Å². The summed E-state index contributed by atoms with van der Waals surface area (Å²) in [7, 11) is 0. The number of pyridine rings is 1. The van der Waals surface area contributed by atoms with Crippen LogP contribution in [0.2, 0.25) is 0 Å². The normalized spacial score (nSPS) is 20.3. The highest BCUT2D eigenvalue weighted by Gasteiger charge is 2.26. The average molecular weight is 314 g/mol. The topological polar surface area (TPSA) is 94.9 Å². The molecule has 1 aromatic rings. The van der Waals surface area contributed by atoms with E-state index in [-0.39, 0.29) is 17.7 Å². The predicted octanol–water partition coefficient (Wildman–Crippen LogP) is 1.65. The lowest BCUT2D eigenvalue weighted by molar-refractivity contribution is -0.126. The van der Waals surface area contributed by atoms with Crippen molar-refractivity contribution in [3.63, 3.8) is 0 Å². The highest BCUT2D eigenvalue weighted by Crippen LogP contribution is 2.28. The molecule has 122 valence electrons. The Kier molecular flexibility index (Phi) is 6.55. The molecule has 6 nitrogen and oxygen atoms in total. The molecule has 6 heteroatoms. The largest absolute Gasteiger partial charge is 0.355 e. The molecule has 0 unspecified atom stereocenters. The van der Waals surface area contributed by atoms with E-state index in [2.05, 4.69) is 15.6 Å². The quantitative estimate of drug-likeness (QED) is 0.780. The first-order chi connectivity index (χ1) is 11.2. The van der Waals surface area contributed by atoms with Crippen molar-refractivity contribution in [2.75, 3.05) is 13.1 Å². The summed E-state index contributed by atoms with van der Waals surface area (Å²) in [6.45, 7) is 1.05. The second kappa shape index (κ2) is 8.89. The van der Waals surface area contributed by atoms with E-state index in [1.165, 1.54) is 0 Å². The third-order valence-electron chi connectivity index (χ3n) is 4.20. The minimum atomic E-state index is -0.151. The van der Waals surface area contributed by atoms with Crippen LogP contribution in [0, 0.1) is 23.2 Å². The molecular formula is C17H22N4O2. The van der Waals surface area contributed by atoms with E-state index in [0.29, 0.717) is 31.1 Å². The number of nitrogens with zero attached hydrogens (tertiary/aromatic N) is 2. The fourth-order valence-corrected chi connectivity index (χ4v) is 2.84. The summed E-state index contributed by atoms with van der Waals surface area (Å²) >= 11 is 0. The van der Waals surface area contributed by atoms with Gasteiger partial charge in [-0.3, -0.25) is 14.6 Å². The molecule has 1 fully saturated rings. The first kappa shape index (κ1) is 16.9. The van der Waals surface area contributed by atoms with Crippen LogP contribution in [0.3, 0.4) is 0 Å². The second-order valence-electron chi connectivity index (χ2n) is 5.84. The molecule has 0 aromatic carbocycles. The summed E-state index contributed by atoms with van der Waals surface area (Å²) in [6.07, 6.45) is 5.48. The Morgan fingerprint density at radius 3 is 2.65 bits per heavy atom. The molecule has 0 spiro atoms. The van der Waals surface area contributed by atoms with Gasteiger partial charge in [0.25, 0.3) is 5.91 Å². The standard InChI is InChI=1S/C17H22N4O2/c18-9-3-11-20-16(22)14-7-5-13(6-8-14)12-21-17(23)15-4-1-2-10-19-15/h1-2,4,10,13-14H,3,5-8,11-12H2,(H,20,22)(H,21,23). The van der Waals surface area contributed by atoms with Crippen LogP contribution in [-0.2, 0) is 4.79 Å². The SMILES string of the molecule is N#CCCNC(=O)C1CCC(CNC(=O)c2ccccn2)CC1. The molecule has 0 saturated heterocycles. The first-order valence-corrected chi connectivity index (χ1v) is 8.04. The van der Waals surface area contributed by atoms with Crippen LogP contribution in [0.25, 0.3) is 0 Å². The van der Waals surface area contributed by atoms with Gasteiger partial charge < -0.3 is 10.6 Å². The molecule has 1 saturated carbocycles. The molecule has 0 bridgehead atoms. The maximum absolute atomic E-state index is 11.9. The van der Waals surface area contributed by atoms with Crippen LogP contribution in [0.15, 0.2) is 24.4 Å². The third kappa shape index (κ3) is 5.37. The summed E-state index contributed by atoms with van der Waals surface area (Å²) in [5, 5.41) is 14.2. The zero-order valence-corrected chi connectivity index (χ0v) is 13.1. The van der Waals surface area contributed by atoms with E-state index < -0.39 is 0 Å². The molecule has 23 heavy (non-hydrogen) atoms. The Balaban J connectivity index is 1.68. The maximum atomic E-state index is 11.9. The highest BCUT2D eigenvalue weighted by atomic mass is 16.2. The van der Waals surface area contributed by atoms with E-state index in [1.54, 1.807) is 24.4 Å². The van der Waals surface area contributed by atoms with Crippen molar-refractivity contribution in [2.45, 2.75) is 32.1 Å². The Bertz CT molecular complexity index is 560. The van der Waals surface area contributed by atoms with Gasteiger partial charge in [0.15, 0.2) is 0 Å². The molecule has 2 N–H and O–H groups in total. The second-order valence-corrected chi connectivity index (χ2v) is 5.84. The smallest absolute Gasteiger partial charge is 0.269 e. The van der Waals surface area contributed by atoms with Gasteiger partial charge in [0.05, 0.1) is 12.5 Å². The number of hydrogen-bond donors (Lipinski definition) is 2. The van der Waals surface area contributed by atoms with Crippen molar-refractivity contribution >= 4 is 11.8 Å². The van der Waals surface area contributed by atoms with Gasteiger partial charge in [0.2, 0.25) is 5.91 Å². The van der Waals surface area contributed by atoms with Crippen molar-refractivity contribution in [2.24, 2.45) is 11.8 Å². The zero-order valence-electron chi connectivity index (χ0n) is 13.1. The summed E-state index contributed by atoms with van der Waals surface area (Å²) < 4.78 is 0. The van der Waals surface area contributed by atoms with Crippen molar-refractivity contribution in [3.05, 3.63) is 30.1 Å². The van der Waals surface area contributed by atoms with Crippen LogP contribution < -0.4 is 10.6 Å². The van der Waals surface area contributed by atoms with Gasteiger partial charge in [-0.1, -0.05) is 6.07 Å². The number of rotatable bonds is 6. The lowest BCUT2D eigenvalue weighted by Gasteiger charge is -2.27. The van der Waals surface area contributed by atoms with Crippen molar-refractivity contribution in [1.29, 1.82) is 5.26 Å². The summed E-state index contributed by atoms with van der Waals surface area (Å²) in [5.41, 5.74) is 0.429. The van der Waals surface area contributed by atoms with E-state index >= 15 is 0 Å². The number of nitrogens with one attached hydrogen (secondary N) is 2. The number of amides is 2. The number of hydrogen-bond acceptors (Lipinski definition) is 4. The summed E-state index contributed by atoms with van der Waals surface area (Å²) in [4.78, 5) is 27.9. The number of carbonyl (C=O) groups is 2. The van der Waals surface area contributed by atoms with Crippen LogP contribution in [-0.4, -0.2) is 29.9 Å². The third-order valence-corrected chi connectivity index (χ3v) is 4.20. The Labute approximate surface area is 136 Å². The van der Waals surface area contributed by atoms with Gasteiger partial charge in [0.1, 0.15) is 5.69 Å². The fourth-order valence-electron chi connectivity index (χ4n) is 2.84. The zero-order chi connectivity index (χ0) is 16.5. The van der Waals surface area contributed by atoms with Crippen LogP contribution in [0.5, 0.6) is 0 Å². The summed E-state index contributed by atoms with van der Waals surface area (Å²) in [6, 6.07) is 7.27. The fraction of sp³-hybridized carbons (Fsp3) is 0.529. The molecule has 2 amide bonds. The monoisotopic (exact) mass is 314 g/mol. The number of nitriles is 1.